The Morgan fingerprint density at radius 2 is 1.82 bits per heavy atom. The molecule has 0 spiro atoms. The molecule has 4 nitrogen and oxygen atoms in total. The van der Waals surface area contributed by atoms with Crippen LogP contribution in [0.2, 0.25) is 10.0 Å². The number of carbonyl (C=O) groups is 2. The lowest BCUT2D eigenvalue weighted by Crippen LogP contribution is -2.50. The van der Waals surface area contributed by atoms with Crippen LogP contribution in [0.3, 0.4) is 0 Å². The van der Waals surface area contributed by atoms with E-state index in [4.69, 9.17) is 23.2 Å². The fourth-order valence-corrected chi connectivity index (χ4v) is 5.31. The number of amides is 2. The molecule has 2 aromatic rings. The average molecular weight is 508 g/mol. The predicted octanol–water partition coefficient (Wildman–Crippen LogP) is 6.40. The van der Waals surface area contributed by atoms with Crippen molar-refractivity contribution in [1.82, 2.24) is 10.2 Å². The second-order valence-electron chi connectivity index (χ2n) is 8.77. The first-order valence-electron chi connectivity index (χ1n) is 11.5. The van der Waals surface area contributed by atoms with Gasteiger partial charge in [0.1, 0.15) is 6.04 Å². The summed E-state index contributed by atoms with van der Waals surface area (Å²) in [5, 5.41) is 4.07. The van der Waals surface area contributed by atoms with Crippen LogP contribution in [-0.4, -0.2) is 34.6 Å². The van der Waals surface area contributed by atoms with Crippen LogP contribution in [0.4, 0.5) is 0 Å². The smallest absolute Gasteiger partial charge is 0.242 e. The standard InChI is InChI=1S/C26H32Cl2N2O2S/c1-18-7-6-8-21(13-18)16-33-17-25(31)30(15-20-11-12-23(27)24(28)14-20)19(2)26(32)29-22-9-4-3-5-10-22/h6-8,11-14,19,22H,3-5,9-10,15-17H2,1-2H3,(H,29,32)/t19-/m1/s1. The number of nitrogens with one attached hydrogen (secondary N) is 1. The van der Waals surface area contributed by atoms with Crippen molar-refractivity contribution >= 4 is 46.8 Å². The van der Waals surface area contributed by atoms with Gasteiger partial charge in [-0.05, 0) is 49.9 Å². The van der Waals surface area contributed by atoms with Gasteiger partial charge in [0.05, 0.1) is 15.8 Å². The molecule has 0 radical (unpaired) electrons. The minimum Gasteiger partial charge on any atom is -0.352 e. The van der Waals surface area contributed by atoms with E-state index in [0.717, 1.165) is 37.0 Å². The van der Waals surface area contributed by atoms with E-state index in [0.29, 0.717) is 22.3 Å². The highest BCUT2D eigenvalue weighted by molar-refractivity contribution is 7.99. The topological polar surface area (TPSA) is 49.4 Å². The number of nitrogens with zero attached hydrogens (tertiary/aromatic N) is 1. The zero-order chi connectivity index (χ0) is 23.8. The van der Waals surface area contributed by atoms with E-state index in [1.165, 1.54) is 17.5 Å². The van der Waals surface area contributed by atoms with Gasteiger partial charge in [-0.25, -0.2) is 0 Å². The lowest BCUT2D eigenvalue weighted by Gasteiger charge is -2.31. The number of thioether (sulfide) groups is 1. The van der Waals surface area contributed by atoms with Crippen molar-refractivity contribution in [3.63, 3.8) is 0 Å². The van der Waals surface area contributed by atoms with Crippen LogP contribution < -0.4 is 5.32 Å². The molecule has 3 rings (SSSR count). The lowest BCUT2D eigenvalue weighted by molar-refractivity contribution is -0.139. The fourth-order valence-electron chi connectivity index (χ4n) is 4.13. The van der Waals surface area contributed by atoms with Crippen molar-refractivity contribution in [3.8, 4) is 0 Å². The summed E-state index contributed by atoms with van der Waals surface area (Å²) in [5.74, 6) is 0.886. The molecule has 33 heavy (non-hydrogen) atoms. The highest BCUT2D eigenvalue weighted by Gasteiger charge is 2.28. The minimum absolute atomic E-state index is 0.0648. The molecule has 1 N–H and O–H groups in total. The van der Waals surface area contributed by atoms with Gasteiger partial charge in [-0.1, -0.05) is 78.4 Å². The van der Waals surface area contributed by atoms with Gasteiger partial charge in [0.2, 0.25) is 11.8 Å². The third-order valence-electron chi connectivity index (χ3n) is 6.03. The molecular weight excluding hydrogens is 475 g/mol. The van der Waals surface area contributed by atoms with Crippen molar-refractivity contribution in [2.24, 2.45) is 0 Å². The Morgan fingerprint density at radius 1 is 1.06 bits per heavy atom. The van der Waals surface area contributed by atoms with Gasteiger partial charge < -0.3 is 10.2 Å². The first-order chi connectivity index (χ1) is 15.8. The van der Waals surface area contributed by atoms with E-state index >= 15 is 0 Å². The van der Waals surface area contributed by atoms with Crippen LogP contribution in [0.5, 0.6) is 0 Å². The van der Waals surface area contributed by atoms with E-state index < -0.39 is 6.04 Å². The van der Waals surface area contributed by atoms with Crippen molar-refractivity contribution in [3.05, 3.63) is 69.2 Å². The van der Waals surface area contributed by atoms with Gasteiger partial charge in [0.25, 0.3) is 0 Å². The molecule has 1 aliphatic rings. The Hall–Kier alpha value is -1.69. The molecular formula is C26H32Cl2N2O2S. The van der Waals surface area contributed by atoms with Crippen LogP contribution in [0, 0.1) is 6.92 Å². The molecule has 1 atom stereocenters. The quantitative estimate of drug-likeness (QED) is 0.427. The minimum atomic E-state index is -0.576. The molecule has 0 unspecified atom stereocenters. The summed E-state index contributed by atoms with van der Waals surface area (Å²) in [6, 6.07) is 13.2. The van der Waals surface area contributed by atoms with Gasteiger partial charge in [-0.15, -0.1) is 11.8 Å². The number of hydrogen-bond donors (Lipinski definition) is 1. The molecule has 0 heterocycles. The molecule has 1 fully saturated rings. The summed E-state index contributed by atoms with van der Waals surface area (Å²) < 4.78 is 0. The molecule has 0 aliphatic heterocycles. The maximum absolute atomic E-state index is 13.3. The van der Waals surface area contributed by atoms with E-state index in [-0.39, 0.29) is 17.9 Å². The molecule has 1 saturated carbocycles. The second kappa shape index (κ2) is 12.7. The van der Waals surface area contributed by atoms with Crippen molar-refractivity contribution in [2.75, 3.05) is 5.75 Å². The van der Waals surface area contributed by atoms with Crippen molar-refractivity contribution in [1.29, 1.82) is 0 Å². The molecule has 2 amide bonds. The summed E-state index contributed by atoms with van der Waals surface area (Å²) in [7, 11) is 0. The van der Waals surface area contributed by atoms with Crippen LogP contribution >= 0.6 is 35.0 Å². The van der Waals surface area contributed by atoms with E-state index in [2.05, 4.69) is 30.4 Å². The van der Waals surface area contributed by atoms with Crippen LogP contribution in [-0.2, 0) is 21.9 Å². The number of aryl methyl sites for hydroxylation is 1. The van der Waals surface area contributed by atoms with Crippen LogP contribution in [0.25, 0.3) is 0 Å². The third-order valence-corrected chi connectivity index (χ3v) is 7.76. The highest BCUT2D eigenvalue weighted by atomic mass is 35.5. The largest absolute Gasteiger partial charge is 0.352 e. The van der Waals surface area contributed by atoms with Gasteiger partial charge >= 0.3 is 0 Å². The third kappa shape index (κ3) is 7.94. The van der Waals surface area contributed by atoms with Crippen LogP contribution in [0.15, 0.2) is 42.5 Å². The summed E-state index contributed by atoms with van der Waals surface area (Å²) in [6.45, 7) is 4.17. The second-order valence-corrected chi connectivity index (χ2v) is 10.6. The number of halogens is 2. The van der Waals surface area contributed by atoms with E-state index in [1.54, 1.807) is 35.7 Å². The van der Waals surface area contributed by atoms with E-state index in [1.807, 2.05) is 12.1 Å². The molecule has 7 heteroatoms. The Morgan fingerprint density at radius 3 is 2.52 bits per heavy atom. The van der Waals surface area contributed by atoms with Crippen molar-refractivity contribution in [2.45, 2.75) is 70.3 Å². The van der Waals surface area contributed by atoms with Gasteiger partial charge in [-0.3, -0.25) is 9.59 Å². The summed E-state index contributed by atoms with van der Waals surface area (Å²) in [5.41, 5.74) is 3.24. The first kappa shape index (κ1) is 25.9. The molecule has 1 aliphatic carbocycles. The monoisotopic (exact) mass is 506 g/mol. The molecule has 0 aromatic heterocycles. The van der Waals surface area contributed by atoms with E-state index in [9.17, 15) is 9.59 Å². The first-order valence-corrected chi connectivity index (χ1v) is 13.4. The number of benzene rings is 2. The number of carbonyl (C=O) groups excluding carboxylic acids is 2. The molecule has 2 aromatic carbocycles. The Kier molecular flexibility index (Phi) is 9.96. The molecule has 178 valence electrons. The predicted molar refractivity (Wildman–Crippen MR) is 139 cm³/mol. The highest BCUT2D eigenvalue weighted by Crippen LogP contribution is 2.24. The Bertz CT molecular complexity index is 963. The van der Waals surface area contributed by atoms with Gasteiger partial charge in [-0.2, -0.15) is 0 Å². The molecule has 0 bridgehead atoms. The SMILES string of the molecule is Cc1cccc(CSCC(=O)N(Cc2ccc(Cl)c(Cl)c2)[C@H](C)C(=O)NC2CCCCC2)c1. The number of rotatable bonds is 9. The van der Waals surface area contributed by atoms with Crippen molar-refractivity contribution < 1.29 is 9.59 Å². The van der Waals surface area contributed by atoms with Gasteiger partial charge in [0.15, 0.2) is 0 Å². The summed E-state index contributed by atoms with van der Waals surface area (Å²) in [4.78, 5) is 28.0. The maximum Gasteiger partial charge on any atom is 0.242 e. The normalized spacial score (nSPS) is 15.2. The van der Waals surface area contributed by atoms with Crippen LogP contribution in [0.1, 0.15) is 55.7 Å². The Labute approximate surface area is 211 Å². The summed E-state index contributed by atoms with van der Waals surface area (Å²) in [6.07, 6.45) is 5.51. The maximum atomic E-state index is 13.3. The molecule has 0 saturated heterocycles. The lowest BCUT2D eigenvalue weighted by atomic mass is 9.95. The fraction of sp³-hybridized carbons (Fsp3) is 0.462. The van der Waals surface area contributed by atoms with Gasteiger partial charge in [0, 0.05) is 18.3 Å². The summed E-state index contributed by atoms with van der Waals surface area (Å²) >= 11 is 13.8. The zero-order valence-corrected chi connectivity index (χ0v) is 21.6. The number of hydrogen-bond acceptors (Lipinski definition) is 3. The average Bonchev–Trinajstić information content (AvgIpc) is 2.80. The zero-order valence-electron chi connectivity index (χ0n) is 19.3. The Balaban J connectivity index is 1.68.